The quantitative estimate of drug-likeness (QED) is 0.843. The van der Waals surface area contributed by atoms with Gasteiger partial charge in [-0.1, -0.05) is 17.7 Å². The van der Waals surface area contributed by atoms with Crippen molar-refractivity contribution < 1.29 is 13.9 Å². The lowest BCUT2D eigenvalue weighted by molar-refractivity contribution is 0.149. The maximum absolute atomic E-state index is 12.6. The van der Waals surface area contributed by atoms with Crippen molar-refractivity contribution in [2.24, 2.45) is 5.73 Å². The standard InChI is InChI=1S/C10H12ClF2NO/c11-6-1-2-7(10(12)13)8(5-6)9(14)3-4-15/h1-2,5,9-10,15H,3-4,14H2. The Morgan fingerprint density at radius 2 is 2.00 bits per heavy atom. The van der Waals surface area contributed by atoms with Gasteiger partial charge in [0.2, 0.25) is 0 Å². The van der Waals surface area contributed by atoms with Crippen LogP contribution in [0.5, 0.6) is 0 Å². The van der Waals surface area contributed by atoms with Gasteiger partial charge in [-0.05, 0) is 24.1 Å². The molecule has 0 saturated carbocycles. The van der Waals surface area contributed by atoms with Crippen LogP contribution in [-0.2, 0) is 0 Å². The van der Waals surface area contributed by atoms with Crippen molar-refractivity contribution in [3.05, 3.63) is 34.3 Å². The number of aliphatic hydroxyl groups excluding tert-OH is 1. The first kappa shape index (κ1) is 12.4. The van der Waals surface area contributed by atoms with E-state index in [0.717, 1.165) is 0 Å². The van der Waals surface area contributed by atoms with Crippen molar-refractivity contribution in [3.8, 4) is 0 Å². The van der Waals surface area contributed by atoms with E-state index in [-0.39, 0.29) is 18.6 Å². The SMILES string of the molecule is NC(CCO)c1cc(Cl)ccc1C(F)F. The van der Waals surface area contributed by atoms with Crippen LogP contribution in [0.15, 0.2) is 18.2 Å². The van der Waals surface area contributed by atoms with Crippen molar-refractivity contribution in [3.63, 3.8) is 0 Å². The number of nitrogens with two attached hydrogens (primary N) is 1. The van der Waals surface area contributed by atoms with E-state index in [0.29, 0.717) is 10.6 Å². The smallest absolute Gasteiger partial charge is 0.264 e. The monoisotopic (exact) mass is 235 g/mol. The molecule has 1 atom stereocenters. The first-order valence-electron chi connectivity index (χ1n) is 4.50. The van der Waals surface area contributed by atoms with Gasteiger partial charge in [-0.25, -0.2) is 8.78 Å². The maximum atomic E-state index is 12.6. The lowest BCUT2D eigenvalue weighted by Crippen LogP contribution is -2.14. The highest BCUT2D eigenvalue weighted by molar-refractivity contribution is 6.30. The number of aliphatic hydroxyl groups is 1. The molecule has 3 N–H and O–H groups in total. The van der Waals surface area contributed by atoms with Gasteiger partial charge in [0.1, 0.15) is 0 Å². The highest BCUT2D eigenvalue weighted by atomic mass is 35.5. The third-order valence-corrected chi connectivity index (χ3v) is 2.36. The zero-order chi connectivity index (χ0) is 11.4. The molecule has 15 heavy (non-hydrogen) atoms. The Balaban J connectivity index is 3.06. The molecule has 0 aromatic heterocycles. The summed E-state index contributed by atoms with van der Waals surface area (Å²) in [5.74, 6) is 0. The van der Waals surface area contributed by atoms with E-state index in [4.69, 9.17) is 22.4 Å². The average Bonchev–Trinajstić information content (AvgIpc) is 2.17. The molecule has 1 rings (SSSR count). The molecule has 0 aliphatic rings. The van der Waals surface area contributed by atoms with Crippen molar-refractivity contribution >= 4 is 11.6 Å². The minimum Gasteiger partial charge on any atom is -0.396 e. The summed E-state index contributed by atoms with van der Waals surface area (Å²) in [5.41, 5.74) is 5.83. The molecule has 0 heterocycles. The van der Waals surface area contributed by atoms with E-state index in [1.807, 2.05) is 0 Å². The van der Waals surface area contributed by atoms with Crippen molar-refractivity contribution in [2.45, 2.75) is 18.9 Å². The summed E-state index contributed by atoms with van der Waals surface area (Å²) >= 11 is 5.70. The summed E-state index contributed by atoms with van der Waals surface area (Å²) < 4.78 is 25.2. The van der Waals surface area contributed by atoms with E-state index in [1.54, 1.807) is 0 Å². The van der Waals surface area contributed by atoms with Gasteiger partial charge in [-0.2, -0.15) is 0 Å². The molecule has 0 bridgehead atoms. The van der Waals surface area contributed by atoms with Crippen molar-refractivity contribution in [1.29, 1.82) is 0 Å². The number of alkyl halides is 2. The second-order valence-electron chi connectivity index (χ2n) is 3.19. The van der Waals surface area contributed by atoms with Crippen LogP contribution in [0.1, 0.15) is 30.0 Å². The van der Waals surface area contributed by atoms with Crippen LogP contribution in [-0.4, -0.2) is 11.7 Å². The highest BCUT2D eigenvalue weighted by Gasteiger charge is 2.17. The van der Waals surface area contributed by atoms with Gasteiger partial charge in [-0.15, -0.1) is 0 Å². The molecule has 1 aromatic rings. The summed E-state index contributed by atoms with van der Waals surface area (Å²) in [6.45, 7) is -0.143. The van der Waals surface area contributed by atoms with Crippen LogP contribution >= 0.6 is 11.6 Å². The Morgan fingerprint density at radius 1 is 1.33 bits per heavy atom. The predicted octanol–water partition coefficient (Wildman–Crippen LogP) is 2.66. The molecule has 1 unspecified atom stereocenters. The van der Waals surface area contributed by atoms with Gasteiger partial charge < -0.3 is 10.8 Å². The maximum Gasteiger partial charge on any atom is 0.264 e. The molecule has 2 nitrogen and oxygen atoms in total. The van der Waals surface area contributed by atoms with Crippen molar-refractivity contribution in [2.75, 3.05) is 6.61 Å². The molecule has 0 radical (unpaired) electrons. The molecule has 0 saturated heterocycles. The molecule has 5 heteroatoms. The average molecular weight is 236 g/mol. The lowest BCUT2D eigenvalue weighted by atomic mass is 9.99. The Morgan fingerprint density at radius 3 is 2.53 bits per heavy atom. The summed E-state index contributed by atoms with van der Waals surface area (Å²) in [6.07, 6.45) is -2.35. The molecule has 84 valence electrons. The van der Waals surface area contributed by atoms with E-state index in [1.165, 1.54) is 18.2 Å². The highest BCUT2D eigenvalue weighted by Crippen LogP contribution is 2.30. The summed E-state index contributed by atoms with van der Waals surface area (Å²) in [4.78, 5) is 0. The van der Waals surface area contributed by atoms with Crippen LogP contribution in [0.3, 0.4) is 0 Å². The minimum absolute atomic E-state index is 0.125. The molecule has 0 spiro atoms. The molecule has 0 aliphatic heterocycles. The normalized spacial score (nSPS) is 13.2. The van der Waals surface area contributed by atoms with Gasteiger partial charge in [0.25, 0.3) is 6.43 Å². The van der Waals surface area contributed by atoms with Crippen LogP contribution in [0, 0.1) is 0 Å². The third-order valence-electron chi connectivity index (χ3n) is 2.12. The fourth-order valence-corrected chi connectivity index (χ4v) is 1.54. The third kappa shape index (κ3) is 3.12. The number of halogens is 3. The molecule has 0 amide bonds. The van der Waals surface area contributed by atoms with E-state index < -0.39 is 12.5 Å². The first-order valence-corrected chi connectivity index (χ1v) is 4.88. The Kier molecular flexibility index (Phi) is 4.45. The second kappa shape index (κ2) is 5.39. The van der Waals surface area contributed by atoms with E-state index in [2.05, 4.69) is 0 Å². The van der Waals surface area contributed by atoms with Gasteiger partial charge in [0, 0.05) is 23.2 Å². The molecular formula is C10H12ClF2NO. The van der Waals surface area contributed by atoms with Gasteiger partial charge in [0.05, 0.1) is 0 Å². The van der Waals surface area contributed by atoms with Crippen molar-refractivity contribution in [1.82, 2.24) is 0 Å². The fraction of sp³-hybridized carbons (Fsp3) is 0.400. The number of hydrogen-bond acceptors (Lipinski definition) is 2. The van der Waals surface area contributed by atoms with Crippen LogP contribution in [0.2, 0.25) is 5.02 Å². The molecular weight excluding hydrogens is 224 g/mol. The Hall–Kier alpha value is -0.710. The van der Waals surface area contributed by atoms with Gasteiger partial charge in [-0.3, -0.25) is 0 Å². The van der Waals surface area contributed by atoms with E-state index in [9.17, 15) is 8.78 Å². The topological polar surface area (TPSA) is 46.2 Å². The fourth-order valence-electron chi connectivity index (χ4n) is 1.36. The zero-order valence-corrected chi connectivity index (χ0v) is 8.72. The molecule has 1 aromatic carbocycles. The van der Waals surface area contributed by atoms with Gasteiger partial charge >= 0.3 is 0 Å². The predicted molar refractivity (Wildman–Crippen MR) is 55.0 cm³/mol. The lowest BCUT2D eigenvalue weighted by Gasteiger charge is -2.15. The second-order valence-corrected chi connectivity index (χ2v) is 3.63. The summed E-state index contributed by atoms with van der Waals surface area (Å²) in [6, 6.07) is 3.47. The first-order chi connectivity index (χ1) is 7.06. The minimum atomic E-state index is -2.58. The van der Waals surface area contributed by atoms with Crippen LogP contribution in [0.4, 0.5) is 8.78 Å². The number of hydrogen-bond donors (Lipinski definition) is 2. The van der Waals surface area contributed by atoms with Crippen LogP contribution < -0.4 is 5.73 Å². The Bertz CT molecular complexity index is 333. The zero-order valence-electron chi connectivity index (χ0n) is 7.96. The van der Waals surface area contributed by atoms with Gasteiger partial charge in [0.15, 0.2) is 0 Å². The number of rotatable bonds is 4. The summed E-state index contributed by atoms with van der Waals surface area (Å²) in [7, 11) is 0. The number of benzene rings is 1. The largest absolute Gasteiger partial charge is 0.396 e. The summed E-state index contributed by atoms with van der Waals surface area (Å²) in [5, 5.41) is 9.06. The molecule has 0 aliphatic carbocycles. The molecule has 0 fully saturated rings. The van der Waals surface area contributed by atoms with Crippen LogP contribution in [0.25, 0.3) is 0 Å². The van der Waals surface area contributed by atoms with E-state index >= 15 is 0 Å². The Labute approximate surface area is 91.7 Å².